The van der Waals surface area contributed by atoms with E-state index in [1.165, 1.54) is 6.07 Å². The van der Waals surface area contributed by atoms with Crippen LogP contribution >= 0.6 is 0 Å². The molecule has 1 aliphatic rings. The highest BCUT2D eigenvalue weighted by Gasteiger charge is 2.24. The van der Waals surface area contributed by atoms with Crippen LogP contribution in [0, 0.1) is 5.82 Å². The van der Waals surface area contributed by atoms with Crippen molar-refractivity contribution in [3.63, 3.8) is 0 Å². The molecule has 0 spiro atoms. The summed E-state index contributed by atoms with van der Waals surface area (Å²) in [5, 5.41) is 12.8. The second-order valence-electron chi connectivity index (χ2n) is 4.59. The van der Waals surface area contributed by atoms with Crippen molar-refractivity contribution in [1.29, 1.82) is 0 Å². The zero-order valence-corrected chi connectivity index (χ0v) is 9.86. The van der Waals surface area contributed by atoms with Gasteiger partial charge in [-0.25, -0.2) is 4.39 Å². The highest BCUT2D eigenvalue weighted by molar-refractivity contribution is 5.51. The van der Waals surface area contributed by atoms with E-state index in [0.29, 0.717) is 0 Å². The van der Waals surface area contributed by atoms with Crippen molar-refractivity contribution in [3.05, 3.63) is 59.4 Å². The van der Waals surface area contributed by atoms with E-state index in [2.05, 4.69) is 5.32 Å². The minimum Gasteiger partial charge on any atom is -0.508 e. The van der Waals surface area contributed by atoms with Crippen molar-refractivity contribution < 1.29 is 9.50 Å². The molecule has 92 valence electrons. The van der Waals surface area contributed by atoms with E-state index >= 15 is 0 Å². The second-order valence-corrected chi connectivity index (χ2v) is 4.59. The van der Waals surface area contributed by atoms with Crippen LogP contribution in [0.1, 0.15) is 23.6 Å². The number of phenolic OH excluding ortho intramolecular Hbond substituents is 1. The third-order valence-electron chi connectivity index (χ3n) is 3.40. The van der Waals surface area contributed by atoms with Gasteiger partial charge in [0.2, 0.25) is 0 Å². The Morgan fingerprint density at radius 2 is 2.00 bits per heavy atom. The van der Waals surface area contributed by atoms with Crippen LogP contribution in [0.25, 0.3) is 0 Å². The van der Waals surface area contributed by atoms with E-state index in [1.54, 1.807) is 24.3 Å². The van der Waals surface area contributed by atoms with E-state index in [9.17, 15) is 9.50 Å². The molecular weight excluding hydrogens is 229 g/mol. The molecular formula is C15H14FNO. The summed E-state index contributed by atoms with van der Waals surface area (Å²) in [6.45, 7) is 0. The maximum absolute atomic E-state index is 13.6. The molecule has 2 nitrogen and oxygen atoms in total. The number of hydrogen-bond donors (Lipinski definition) is 2. The van der Waals surface area contributed by atoms with Crippen LogP contribution in [0.5, 0.6) is 5.75 Å². The van der Waals surface area contributed by atoms with E-state index in [1.807, 2.05) is 12.1 Å². The molecule has 0 radical (unpaired) electrons. The highest BCUT2D eigenvalue weighted by atomic mass is 19.1. The molecule has 1 unspecified atom stereocenters. The zero-order valence-electron chi connectivity index (χ0n) is 9.86. The van der Waals surface area contributed by atoms with Crippen LogP contribution in [-0.2, 0) is 6.42 Å². The molecule has 2 aromatic carbocycles. The zero-order chi connectivity index (χ0) is 12.5. The third-order valence-corrected chi connectivity index (χ3v) is 3.40. The number of phenols is 1. The van der Waals surface area contributed by atoms with Crippen molar-refractivity contribution in [2.75, 3.05) is 5.32 Å². The van der Waals surface area contributed by atoms with Gasteiger partial charge in [-0.2, -0.15) is 0 Å². The van der Waals surface area contributed by atoms with Gasteiger partial charge in [0, 0.05) is 11.8 Å². The predicted molar refractivity (Wildman–Crippen MR) is 69.2 cm³/mol. The van der Waals surface area contributed by atoms with Crippen molar-refractivity contribution >= 4 is 5.69 Å². The first kappa shape index (κ1) is 11.1. The lowest BCUT2D eigenvalue weighted by Gasteiger charge is -2.15. The molecule has 1 aliphatic carbocycles. The van der Waals surface area contributed by atoms with Gasteiger partial charge in [0.05, 0.1) is 6.04 Å². The number of fused-ring (bicyclic) bond motifs is 1. The molecule has 3 heteroatoms. The molecule has 0 saturated carbocycles. The maximum atomic E-state index is 13.6. The fourth-order valence-electron chi connectivity index (χ4n) is 2.56. The van der Waals surface area contributed by atoms with Crippen LogP contribution in [0.2, 0.25) is 0 Å². The fraction of sp³-hybridized carbons (Fsp3) is 0.200. The summed E-state index contributed by atoms with van der Waals surface area (Å²) >= 11 is 0. The quantitative estimate of drug-likeness (QED) is 0.844. The van der Waals surface area contributed by atoms with Gasteiger partial charge in [-0.15, -0.1) is 0 Å². The van der Waals surface area contributed by atoms with Gasteiger partial charge in [-0.1, -0.05) is 18.2 Å². The number of halogens is 1. The molecule has 2 N–H and O–H groups in total. The molecule has 0 heterocycles. The molecule has 18 heavy (non-hydrogen) atoms. The number of anilines is 1. The number of nitrogens with one attached hydrogen (secondary N) is 1. The maximum Gasteiger partial charge on any atom is 0.126 e. The first-order valence-electron chi connectivity index (χ1n) is 6.07. The SMILES string of the molecule is Oc1cccc(NC2CCc3c(F)cccc32)c1. The van der Waals surface area contributed by atoms with E-state index in [0.717, 1.165) is 29.7 Å². The van der Waals surface area contributed by atoms with Crippen molar-refractivity contribution in [1.82, 2.24) is 0 Å². The van der Waals surface area contributed by atoms with Gasteiger partial charge in [0.1, 0.15) is 11.6 Å². The summed E-state index contributed by atoms with van der Waals surface area (Å²) in [5.74, 6) is 0.116. The van der Waals surface area contributed by atoms with E-state index in [4.69, 9.17) is 0 Å². The lowest BCUT2D eigenvalue weighted by molar-refractivity contribution is 0.475. The van der Waals surface area contributed by atoms with Crippen LogP contribution in [0.3, 0.4) is 0 Å². The Morgan fingerprint density at radius 1 is 1.17 bits per heavy atom. The Balaban J connectivity index is 1.87. The first-order chi connectivity index (χ1) is 8.74. The molecule has 2 aromatic rings. The minimum atomic E-state index is -0.118. The summed E-state index contributed by atoms with van der Waals surface area (Å²) in [6.07, 6.45) is 1.64. The Bertz CT molecular complexity index is 582. The van der Waals surface area contributed by atoms with Crippen LogP contribution in [-0.4, -0.2) is 5.11 Å². The number of hydrogen-bond acceptors (Lipinski definition) is 2. The monoisotopic (exact) mass is 243 g/mol. The Hall–Kier alpha value is -2.03. The topological polar surface area (TPSA) is 32.3 Å². The van der Waals surface area contributed by atoms with Gasteiger partial charge in [-0.3, -0.25) is 0 Å². The van der Waals surface area contributed by atoms with Gasteiger partial charge < -0.3 is 10.4 Å². The van der Waals surface area contributed by atoms with Gasteiger partial charge >= 0.3 is 0 Å². The van der Waals surface area contributed by atoms with Gasteiger partial charge in [-0.05, 0) is 42.2 Å². The first-order valence-corrected chi connectivity index (χ1v) is 6.07. The van der Waals surface area contributed by atoms with Crippen LogP contribution < -0.4 is 5.32 Å². The van der Waals surface area contributed by atoms with Crippen LogP contribution in [0.4, 0.5) is 10.1 Å². The molecule has 0 amide bonds. The van der Waals surface area contributed by atoms with Crippen molar-refractivity contribution in [2.45, 2.75) is 18.9 Å². The number of benzene rings is 2. The van der Waals surface area contributed by atoms with Crippen molar-refractivity contribution in [2.24, 2.45) is 0 Å². The second kappa shape index (κ2) is 4.33. The summed E-state index contributed by atoms with van der Waals surface area (Å²) in [5.41, 5.74) is 2.70. The summed E-state index contributed by atoms with van der Waals surface area (Å²) in [6, 6.07) is 12.3. The number of aromatic hydroxyl groups is 1. The average Bonchev–Trinajstić information content (AvgIpc) is 2.74. The average molecular weight is 243 g/mol. The van der Waals surface area contributed by atoms with Gasteiger partial charge in [0.15, 0.2) is 0 Å². The number of rotatable bonds is 2. The normalized spacial score (nSPS) is 17.5. The molecule has 0 aromatic heterocycles. The molecule has 0 saturated heterocycles. The minimum absolute atomic E-state index is 0.118. The third kappa shape index (κ3) is 1.92. The van der Waals surface area contributed by atoms with E-state index in [-0.39, 0.29) is 17.6 Å². The molecule has 0 aliphatic heterocycles. The molecule has 3 rings (SSSR count). The smallest absolute Gasteiger partial charge is 0.126 e. The highest BCUT2D eigenvalue weighted by Crippen LogP contribution is 2.35. The Labute approximate surface area is 105 Å². The Morgan fingerprint density at radius 3 is 2.83 bits per heavy atom. The summed E-state index contributed by atoms with van der Waals surface area (Å²) in [7, 11) is 0. The summed E-state index contributed by atoms with van der Waals surface area (Å²) in [4.78, 5) is 0. The van der Waals surface area contributed by atoms with Gasteiger partial charge in [0.25, 0.3) is 0 Å². The lowest BCUT2D eigenvalue weighted by Crippen LogP contribution is -2.06. The molecule has 0 bridgehead atoms. The lowest BCUT2D eigenvalue weighted by atomic mass is 10.1. The predicted octanol–water partition coefficient (Wildman–Crippen LogP) is 3.63. The molecule has 0 fully saturated rings. The Kier molecular flexibility index (Phi) is 2.67. The summed E-state index contributed by atoms with van der Waals surface area (Å²) < 4.78 is 13.6. The van der Waals surface area contributed by atoms with E-state index < -0.39 is 0 Å². The standard InChI is InChI=1S/C15H14FNO/c16-14-6-2-5-13-12(14)7-8-15(13)17-10-3-1-4-11(18)9-10/h1-6,9,15,17-18H,7-8H2. The van der Waals surface area contributed by atoms with Crippen molar-refractivity contribution in [3.8, 4) is 5.75 Å². The fourth-order valence-corrected chi connectivity index (χ4v) is 2.56. The largest absolute Gasteiger partial charge is 0.508 e. The molecule has 1 atom stereocenters. The van der Waals surface area contributed by atoms with Crippen LogP contribution in [0.15, 0.2) is 42.5 Å².